The zero-order valence-corrected chi connectivity index (χ0v) is 10.7. The first-order chi connectivity index (χ1) is 7.81. The first-order valence-electron chi connectivity index (χ1n) is 5.59. The molecule has 1 aliphatic rings. The van der Waals surface area contributed by atoms with Crippen LogP contribution in [-0.2, 0) is 0 Å². The van der Waals surface area contributed by atoms with Gasteiger partial charge >= 0.3 is 0 Å². The summed E-state index contributed by atoms with van der Waals surface area (Å²) in [6.07, 6.45) is 7.78. The van der Waals surface area contributed by atoms with Crippen LogP contribution in [0.3, 0.4) is 0 Å². The monoisotopic (exact) mass is 285 g/mol. The Hall–Kier alpha value is -0.810. The zero-order valence-electron chi connectivity index (χ0n) is 9.08. The van der Waals surface area contributed by atoms with Gasteiger partial charge in [0.2, 0.25) is 0 Å². The number of amidine groups is 1. The Morgan fingerprint density at radius 1 is 1.44 bits per heavy atom. The average Bonchev–Trinajstić information content (AvgIpc) is 2.74. The lowest BCUT2D eigenvalue weighted by atomic mass is 9.96. The summed E-state index contributed by atoms with van der Waals surface area (Å²) < 4.78 is 5.84. The van der Waals surface area contributed by atoms with Crippen molar-refractivity contribution >= 4 is 21.8 Å². The largest absolute Gasteiger partial charge is 0.457 e. The maximum atomic E-state index is 5.51. The molecule has 3 N–H and O–H groups in total. The lowest BCUT2D eigenvalue weighted by Gasteiger charge is -2.18. The van der Waals surface area contributed by atoms with Crippen molar-refractivity contribution < 1.29 is 4.42 Å². The van der Waals surface area contributed by atoms with Crippen molar-refractivity contribution in [2.24, 2.45) is 10.8 Å². The third-order valence-corrected chi connectivity index (χ3v) is 3.51. The van der Waals surface area contributed by atoms with Crippen molar-refractivity contribution in [1.29, 1.82) is 0 Å². The van der Waals surface area contributed by atoms with E-state index in [-0.39, 0.29) is 0 Å². The highest BCUT2D eigenvalue weighted by atomic mass is 79.9. The van der Waals surface area contributed by atoms with Crippen LogP contribution in [0.25, 0.3) is 0 Å². The minimum Gasteiger partial charge on any atom is -0.457 e. The Morgan fingerprint density at radius 2 is 2.19 bits per heavy atom. The van der Waals surface area contributed by atoms with E-state index in [4.69, 9.17) is 10.3 Å². The lowest BCUT2D eigenvalue weighted by Crippen LogP contribution is -2.32. The number of rotatable bonds is 2. The van der Waals surface area contributed by atoms with Gasteiger partial charge < -0.3 is 9.84 Å². The normalized spacial score (nSPS) is 18.8. The van der Waals surface area contributed by atoms with Crippen molar-refractivity contribution in [3.63, 3.8) is 0 Å². The SMILES string of the molecule is NNC(=NC1CCCCC1)c1ccoc1Br. The number of nitrogens with zero attached hydrogens (tertiary/aromatic N) is 1. The Balaban J connectivity index is 2.15. The molecular weight excluding hydrogens is 270 g/mol. The fourth-order valence-electron chi connectivity index (χ4n) is 2.04. The van der Waals surface area contributed by atoms with Crippen LogP contribution in [0.2, 0.25) is 0 Å². The standard InChI is InChI=1S/C11H16BrN3O/c12-10-9(6-7-16-10)11(15-13)14-8-4-2-1-3-5-8/h6-8H,1-5,13H2,(H,14,15). The fourth-order valence-corrected chi connectivity index (χ4v) is 2.47. The molecule has 4 nitrogen and oxygen atoms in total. The van der Waals surface area contributed by atoms with Gasteiger partial charge in [0.15, 0.2) is 4.67 Å². The van der Waals surface area contributed by atoms with E-state index in [0.29, 0.717) is 16.5 Å². The van der Waals surface area contributed by atoms with Gasteiger partial charge in [-0.2, -0.15) is 0 Å². The van der Waals surface area contributed by atoms with Crippen molar-refractivity contribution in [2.75, 3.05) is 0 Å². The van der Waals surface area contributed by atoms with E-state index in [1.807, 2.05) is 6.07 Å². The van der Waals surface area contributed by atoms with E-state index in [2.05, 4.69) is 26.3 Å². The van der Waals surface area contributed by atoms with Crippen LogP contribution in [0.5, 0.6) is 0 Å². The summed E-state index contributed by atoms with van der Waals surface area (Å²) in [6, 6.07) is 2.24. The van der Waals surface area contributed by atoms with Crippen molar-refractivity contribution in [3.05, 3.63) is 22.6 Å². The van der Waals surface area contributed by atoms with Gasteiger partial charge in [-0.15, -0.1) is 0 Å². The van der Waals surface area contributed by atoms with Gasteiger partial charge in [-0.05, 0) is 34.8 Å². The summed E-state index contributed by atoms with van der Waals surface area (Å²) in [5.74, 6) is 6.21. The molecule has 0 radical (unpaired) electrons. The highest BCUT2D eigenvalue weighted by Crippen LogP contribution is 2.22. The van der Waals surface area contributed by atoms with Gasteiger partial charge in [0.1, 0.15) is 5.84 Å². The average molecular weight is 286 g/mol. The van der Waals surface area contributed by atoms with Crippen LogP contribution in [0.15, 0.2) is 26.4 Å². The van der Waals surface area contributed by atoms with Gasteiger partial charge in [-0.25, -0.2) is 5.84 Å². The predicted octanol–water partition coefficient (Wildman–Crippen LogP) is 2.58. The molecule has 0 unspecified atom stereocenters. The zero-order chi connectivity index (χ0) is 11.4. The van der Waals surface area contributed by atoms with E-state index in [9.17, 15) is 0 Å². The molecule has 5 heteroatoms. The number of aliphatic imine (C=N–C) groups is 1. The molecule has 1 heterocycles. The maximum absolute atomic E-state index is 5.51. The van der Waals surface area contributed by atoms with Gasteiger partial charge in [0.05, 0.1) is 17.9 Å². The lowest BCUT2D eigenvalue weighted by molar-refractivity contribution is 0.442. The van der Waals surface area contributed by atoms with E-state index in [0.717, 1.165) is 18.4 Å². The van der Waals surface area contributed by atoms with E-state index >= 15 is 0 Å². The van der Waals surface area contributed by atoms with Crippen molar-refractivity contribution in [1.82, 2.24) is 5.43 Å². The van der Waals surface area contributed by atoms with Crippen LogP contribution in [-0.4, -0.2) is 11.9 Å². The molecule has 1 saturated carbocycles. The molecule has 0 spiro atoms. The Labute approximate surface area is 103 Å². The minimum absolute atomic E-state index is 0.390. The molecule has 0 aliphatic heterocycles. The third kappa shape index (κ3) is 2.65. The van der Waals surface area contributed by atoms with E-state index < -0.39 is 0 Å². The third-order valence-electron chi connectivity index (χ3n) is 2.90. The predicted molar refractivity (Wildman–Crippen MR) is 67.1 cm³/mol. The molecular formula is C11H16BrN3O. The highest BCUT2D eigenvalue weighted by Gasteiger charge is 2.15. The second-order valence-corrected chi connectivity index (χ2v) is 4.74. The quantitative estimate of drug-likeness (QED) is 0.380. The minimum atomic E-state index is 0.390. The van der Waals surface area contributed by atoms with Gasteiger partial charge in [0, 0.05) is 0 Å². The van der Waals surface area contributed by atoms with Crippen molar-refractivity contribution in [2.45, 2.75) is 38.1 Å². The highest BCUT2D eigenvalue weighted by molar-refractivity contribution is 9.10. The molecule has 0 saturated heterocycles. The summed E-state index contributed by atoms with van der Waals surface area (Å²) in [5.41, 5.74) is 3.54. The fraction of sp³-hybridized carbons (Fsp3) is 0.545. The molecule has 1 aromatic heterocycles. The molecule has 88 valence electrons. The van der Waals surface area contributed by atoms with Gasteiger partial charge in [-0.3, -0.25) is 4.99 Å². The summed E-state index contributed by atoms with van der Waals surface area (Å²) in [7, 11) is 0. The number of halogens is 1. The van der Waals surface area contributed by atoms with Crippen LogP contribution < -0.4 is 11.3 Å². The molecule has 1 fully saturated rings. The molecule has 0 amide bonds. The second-order valence-electron chi connectivity index (χ2n) is 4.02. The van der Waals surface area contributed by atoms with Crippen LogP contribution in [0.1, 0.15) is 37.7 Å². The Morgan fingerprint density at radius 3 is 2.75 bits per heavy atom. The summed E-state index contributed by atoms with van der Waals surface area (Å²) in [5, 5.41) is 0. The Kier molecular flexibility index (Phi) is 4.01. The summed E-state index contributed by atoms with van der Waals surface area (Å²) in [4.78, 5) is 4.65. The van der Waals surface area contributed by atoms with Gasteiger partial charge in [0.25, 0.3) is 0 Å². The van der Waals surface area contributed by atoms with E-state index in [1.54, 1.807) is 6.26 Å². The van der Waals surface area contributed by atoms with Crippen LogP contribution >= 0.6 is 15.9 Å². The molecule has 1 aromatic rings. The van der Waals surface area contributed by atoms with Gasteiger partial charge in [-0.1, -0.05) is 19.3 Å². The molecule has 0 aromatic carbocycles. The first kappa shape index (κ1) is 11.7. The molecule has 1 aliphatic carbocycles. The molecule has 2 rings (SSSR count). The number of nitrogens with two attached hydrogens (primary N) is 1. The summed E-state index contributed by atoms with van der Waals surface area (Å²) in [6.45, 7) is 0. The number of hydrazine groups is 1. The summed E-state index contributed by atoms with van der Waals surface area (Å²) >= 11 is 3.33. The smallest absolute Gasteiger partial charge is 0.179 e. The Bertz CT molecular complexity index is 369. The first-order valence-corrected chi connectivity index (χ1v) is 6.38. The number of furan rings is 1. The van der Waals surface area contributed by atoms with Crippen LogP contribution in [0, 0.1) is 0 Å². The number of hydrogen-bond acceptors (Lipinski definition) is 3. The molecule has 0 atom stereocenters. The van der Waals surface area contributed by atoms with E-state index in [1.165, 1.54) is 19.3 Å². The second kappa shape index (κ2) is 5.50. The topological polar surface area (TPSA) is 63.5 Å². The molecule has 0 bridgehead atoms. The molecule has 16 heavy (non-hydrogen) atoms. The number of hydrogen-bond donors (Lipinski definition) is 2. The van der Waals surface area contributed by atoms with Crippen LogP contribution in [0.4, 0.5) is 0 Å². The maximum Gasteiger partial charge on any atom is 0.179 e. The van der Waals surface area contributed by atoms with Crippen molar-refractivity contribution in [3.8, 4) is 0 Å². The number of nitrogens with one attached hydrogen (secondary N) is 1.